The number of pyridine rings is 1. The average Bonchev–Trinajstić information content (AvgIpc) is 2.19. The second-order valence-electron chi connectivity index (χ2n) is 2.66. The molecule has 1 amide bonds. The number of carbonyl (C=O) groups is 1. The molecule has 1 heterocycles. The number of amides is 1. The Morgan fingerprint density at radius 1 is 1.50 bits per heavy atom. The van der Waals surface area contributed by atoms with Crippen LogP contribution >= 0.6 is 23.2 Å². The molecule has 0 aliphatic rings. The van der Waals surface area contributed by atoms with Gasteiger partial charge in [0.2, 0.25) is 0 Å². The van der Waals surface area contributed by atoms with E-state index < -0.39 is 0 Å². The molecule has 0 atom stereocenters. The van der Waals surface area contributed by atoms with Crippen molar-refractivity contribution in [3.63, 3.8) is 0 Å². The van der Waals surface area contributed by atoms with Gasteiger partial charge >= 0.3 is 0 Å². The van der Waals surface area contributed by atoms with Crippen molar-refractivity contribution in [3.05, 3.63) is 29.0 Å². The number of halogens is 2. The van der Waals surface area contributed by atoms with Gasteiger partial charge in [-0.2, -0.15) is 0 Å². The standard InChI is InChI=1S/C9H10Cl2N2O/c10-4-1-5-12-9(14)8-3-2-7(11)6-13-8/h2-3,6H,1,4-5H2,(H,12,14). The summed E-state index contributed by atoms with van der Waals surface area (Å²) in [6.07, 6.45) is 2.19. The molecule has 0 unspecified atom stereocenters. The Kier molecular flexibility index (Phi) is 4.70. The Bertz CT molecular complexity index is 300. The largest absolute Gasteiger partial charge is 0.351 e. The molecule has 1 N–H and O–H groups in total. The van der Waals surface area contributed by atoms with Crippen LogP contribution < -0.4 is 5.32 Å². The van der Waals surface area contributed by atoms with E-state index in [0.717, 1.165) is 6.42 Å². The zero-order valence-corrected chi connectivity index (χ0v) is 8.98. The molecular formula is C9H10Cl2N2O. The molecule has 0 saturated carbocycles. The molecule has 0 spiro atoms. The fourth-order valence-corrected chi connectivity index (χ4v) is 1.11. The Labute approximate surface area is 92.4 Å². The quantitative estimate of drug-likeness (QED) is 0.639. The van der Waals surface area contributed by atoms with E-state index in [1.54, 1.807) is 12.1 Å². The lowest BCUT2D eigenvalue weighted by atomic mass is 10.3. The van der Waals surface area contributed by atoms with Crippen molar-refractivity contribution in [2.75, 3.05) is 12.4 Å². The van der Waals surface area contributed by atoms with Crippen LogP contribution in [0.1, 0.15) is 16.9 Å². The number of nitrogens with one attached hydrogen (secondary N) is 1. The molecule has 14 heavy (non-hydrogen) atoms. The van der Waals surface area contributed by atoms with Crippen LogP contribution in [0.2, 0.25) is 5.02 Å². The SMILES string of the molecule is O=C(NCCCCl)c1ccc(Cl)cn1. The number of hydrogen-bond donors (Lipinski definition) is 1. The number of nitrogens with zero attached hydrogens (tertiary/aromatic N) is 1. The van der Waals surface area contributed by atoms with Gasteiger partial charge < -0.3 is 5.32 Å². The Morgan fingerprint density at radius 3 is 2.86 bits per heavy atom. The van der Waals surface area contributed by atoms with E-state index in [-0.39, 0.29) is 5.91 Å². The third-order valence-electron chi connectivity index (χ3n) is 1.56. The lowest BCUT2D eigenvalue weighted by molar-refractivity contribution is 0.0949. The predicted octanol–water partition coefficient (Wildman–Crippen LogP) is 2.09. The first-order valence-corrected chi connectivity index (χ1v) is 5.11. The van der Waals surface area contributed by atoms with Crippen molar-refractivity contribution in [1.82, 2.24) is 10.3 Å². The molecule has 1 aromatic heterocycles. The first kappa shape index (κ1) is 11.3. The van der Waals surface area contributed by atoms with E-state index in [9.17, 15) is 4.79 Å². The maximum atomic E-state index is 11.4. The molecule has 1 aromatic rings. The summed E-state index contributed by atoms with van der Waals surface area (Å²) in [5, 5.41) is 3.21. The van der Waals surface area contributed by atoms with Crippen molar-refractivity contribution >= 4 is 29.1 Å². The predicted molar refractivity (Wildman–Crippen MR) is 56.9 cm³/mol. The molecule has 5 heteroatoms. The minimum atomic E-state index is -0.202. The van der Waals surface area contributed by atoms with Crippen LogP contribution in [0.4, 0.5) is 0 Å². The average molecular weight is 233 g/mol. The number of alkyl halides is 1. The molecule has 0 bridgehead atoms. The fraction of sp³-hybridized carbons (Fsp3) is 0.333. The highest BCUT2D eigenvalue weighted by Crippen LogP contribution is 2.05. The monoisotopic (exact) mass is 232 g/mol. The minimum absolute atomic E-state index is 0.202. The summed E-state index contributed by atoms with van der Waals surface area (Å²) in [6.45, 7) is 0.562. The second-order valence-corrected chi connectivity index (χ2v) is 3.47. The third-order valence-corrected chi connectivity index (χ3v) is 2.05. The van der Waals surface area contributed by atoms with Gasteiger partial charge in [-0.3, -0.25) is 4.79 Å². The van der Waals surface area contributed by atoms with Gasteiger partial charge in [0.15, 0.2) is 0 Å². The number of carbonyl (C=O) groups excluding carboxylic acids is 1. The Balaban J connectivity index is 2.48. The summed E-state index contributed by atoms with van der Waals surface area (Å²) in [5.41, 5.74) is 0.365. The van der Waals surface area contributed by atoms with Crippen LogP contribution in [-0.2, 0) is 0 Å². The van der Waals surface area contributed by atoms with Crippen LogP contribution in [0.5, 0.6) is 0 Å². The van der Waals surface area contributed by atoms with Crippen LogP contribution in [0.15, 0.2) is 18.3 Å². The van der Waals surface area contributed by atoms with Gasteiger partial charge in [-0.15, -0.1) is 11.6 Å². The first-order valence-electron chi connectivity index (χ1n) is 4.20. The molecule has 0 aliphatic carbocycles. The maximum absolute atomic E-state index is 11.4. The van der Waals surface area contributed by atoms with E-state index in [0.29, 0.717) is 23.1 Å². The van der Waals surface area contributed by atoms with Gasteiger partial charge in [-0.1, -0.05) is 11.6 Å². The Morgan fingerprint density at radius 2 is 2.29 bits per heavy atom. The van der Waals surface area contributed by atoms with E-state index in [2.05, 4.69) is 10.3 Å². The highest BCUT2D eigenvalue weighted by Gasteiger charge is 2.04. The maximum Gasteiger partial charge on any atom is 0.269 e. The highest BCUT2D eigenvalue weighted by atomic mass is 35.5. The van der Waals surface area contributed by atoms with Gasteiger partial charge in [-0.05, 0) is 18.6 Å². The van der Waals surface area contributed by atoms with Crippen LogP contribution in [-0.4, -0.2) is 23.3 Å². The molecule has 76 valence electrons. The number of aromatic nitrogens is 1. The first-order chi connectivity index (χ1) is 6.74. The normalized spacial score (nSPS) is 9.86. The fourth-order valence-electron chi connectivity index (χ4n) is 0.869. The molecule has 3 nitrogen and oxygen atoms in total. The van der Waals surface area contributed by atoms with E-state index in [1.165, 1.54) is 6.20 Å². The summed E-state index contributed by atoms with van der Waals surface area (Å²) in [4.78, 5) is 15.3. The zero-order chi connectivity index (χ0) is 10.4. The van der Waals surface area contributed by atoms with E-state index in [1.807, 2.05) is 0 Å². The van der Waals surface area contributed by atoms with E-state index in [4.69, 9.17) is 23.2 Å². The minimum Gasteiger partial charge on any atom is -0.351 e. The van der Waals surface area contributed by atoms with E-state index >= 15 is 0 Å². The molecule has 0 aliphatic heterocycles. The van der Waals surface area contributed by atoms with Crippen LogP contribution in [0, 0.1) is 0 Å². The topological polar surface area (TPSA) is 42.0 Å². The second kappa shape index (κ2) is 5.83. The van der Waals surface area contributed by atoms with Gasteiger partial charge in [-0.25, -0.2) is 4.98 Å². The summed E-state index contributed by atoms with van der Waals surface area (Å²) in [7, 11) is 0. The van der Waals surface area contributed by atoms with Gasteiger partial charge in [0, 0.05) is 18.6 Å². The summed E-state index contributed by atoms with van der Waals surface area (Å²) in [5.74, 6) is 0.334. The lowest BCUT2D eigenvalue weighted by Gasteiger charge is -2.02. The van der Waals surface area contributed by atoms with Crippen molar-refractivity contribution in [2.24, 2.45) is 0 Å². The van der Waals surface area contributed by atoms with Gasteiger partial charge in [0.05, 0.1) is 5.02 Å². The molecular weight excluding hydrogens is 223 g/mol. The molecule has 0 fully saturated rings. The Hall–Kier alpha value is -0.800. The third kappa shape index (κ3) is 3.52. The summed E-state index contributed by atoms with van der Waals surface area (Å²) < 4.78 is 0. The van der Waals surface area contributed by atoms with Crippen molar-refractivity contribution in [2.45, 2.75) is 6.42 Å². The zero-order valence-electron chi connectivity index (χ0n) is 7.46. The highest BCUT2D eigenvalue weighted by molar-refractivity contribution is 6.30. The summed E-state index contributed by atoms with van der Waals surface area (Å²) in [6, 6.07) is 3.21. The molecule has 1 rings (SSSR count). The lowest BCUT2D eigenvalue weighted by Crippen LogP contribution is -2.25. The van der Waals surface area contributed by atoms with Gasteiger partial charge in [0.1, 0.15) is 5.69 Å². The van der Waals surface area contributed by atoms with Crippen LogP contribution in [0.3, 0.4) is 0 Å². The van der Waals surface area contributed by atoms with Crippen molar-refractivity contribution in [1.29, 1.82) is 0 Å². The number of hydrogen-bond acceptors (Lipinski definition) is 2. The smallest absolute Gasteiger partial charge is 0.269 e. The van der Waals surface area contributed by atoms with Gasteiger partial charge in [0.25, 0.3) is 5.91 Å². The molecule has 0 saturated heterocycles. The van der Waals surface area contributed by atoms with Crippen molar-refractivity contribution < 1.29 is 4.79 Å². The molecule has 0 aromatic carbocycles. The number of rotatable bonds is 4. The van der Waals surface area contributed by atoms with Crippen molar-refractivity contribution in [3.8, 4) is 0 Å². The summed E-state index contributed by atoms with van der Waals surface area (Å²) >= 11 is 11.1. The molecule has 0 radical (unpaired) electrons. The van der Waals surface area contributed by atoms with Crippen LogP contribution in [0.25, 0.3) is 0 Å².